The molecule has 1 aromatic heterocycles. The van der Waals surface area contributed by atoms with Gasteiger partial charge in [-0.2, -0.15) is 13.2 Å². The second kappa shape index (κ2) is 14.5. The van der Waals surface area contributed by atoms with E-state index < -0.39 is 5.51 Å². The van der Waals surface area contributed by atoms with E-state index in [0.29, 0.717) is 0 Å². The van der Waals surface area contributed by atoms with E-state index in [4.69, 9.17) is 0 Å². The van der Waals surface area contributed by atoms with Crippen LogP contribution in [-0.2, 0) is 6.42 Å². The number of hydrogen-bond donors (Lipinski definition) is 0. The lowest BCUT2D eigenvalue weighted by Gasteiger charge is -2.22. The van der Waals surface area contributed by atoms with Gasteiger partial charge in [-0.05, 0) is 66.8 Å². The van der Waals surface area contributed by atoms with Crippen LogP contribution in [0.3, 0.4) is 0 Å². The average Bonchev–Trinajstić information content (AvgIpc) is 2.80. The van der Waals surface area contributed by atoms with Gasteiger partial charge < -0.3 is 4.90 Å². The third kappa shape index (κ3) is 10.8. The molecule has 0 bridgehead atoms. The molecule has 1 saturated carbocycles. The lowest BCUT2D eigenvalue weighted by molar-refractivity contribution is -0.0328. The second-order valence-electron chi connectivity index (χ2n) is 9.82. The zero-order chi connectivity index (χ0) is 26.7. The van der Waals surface area contributed by atoms with Crippen LogP contribution in [0.15, 0.2) is 53.4 Å². The summed E-state index contributed by atoms with van der Waals surface area (Å²) in [6.07, 6.45) is 7.66. The zero-order valence-electron chi connectivity index (χ0n) is 22.4. The largest absolute Gasteiger partial charge is 0.446 e. The van der Waals surface area contributed by atoms with Crippen molar-refractivity contribution in [3.8, 4) is 0 Å². The first-order valence-corrected chi connectivity index (χ1v) is 13.6. The number of aromatic nitrogens is 2. The minimum Gasteiger partial charge on any atom is -0.362 e. The maximum atomic E-state index is 12.0. The Balaban J connectivity index is 0.000000198. The Labute approximate surface area is 218 Å². The van der Waals surface area contributed by atoms with Crippen LogP contribution in [-0.4, -0.2) is 29.6 Å². The van der Waals surface area contributed by atoms with E-state index in [1.807, 2.05) is 63.2 Å². The Bertz CT molecular complexity index is 1050. The molecule has 7 heteroatoms. The standard InChI is InChI=1S/C11H13N3.C10H11F3S.C8H16/c1-8-12-10-7-5-4-6-9(10)11(13-8)14(2)3;1-2-4-8-5-3-6-9(7-8)14-10(11,12)13;1-7-3-5-8(2)6-4-7/h4-7H,1-3H3;3,5-7H,2,4H2,1H3;7-8H,3-6H2,1-2H3. The van der Waals surface area contributed by atoms with Crippen molar-refractivity contribution in [2.24, 2.45) is 11.8 Å². The van der Waals surface area contributed by atoms with E-state index in [9.17, 15) is 13.2 Å². The molecule has 1 fully saturated rings. The first-order valence-electron chi connectivity index (χ1n) is 12.7. The van der Waals surface area contributed by atoms with Gasteiger partial charge in [0.25, 0.3) is 0 Å². The summed E-state index contributed by atoms with van der Waals surface area (Å²) in [4.78, 5) is 11.1. The van der Waals surface area contributed by atoms with Crippen molar-refractivity contribution >= 4 is 28.5 Å². The normalized spacial score (nSPS) is 17.5. The number of rotatable bonds is 4. The highest BCUT2D eigenvalue weighted by Gasteiger charge is 2.29. The van der Waals surface area contributed by atoms with Crippen molar-refractivity contribution in [3.05, 3.63) is 59.9 Å². The van der Waals surface area contributed by atoms with Crippen molar-refractivity contribution in [2.45, 2.75) is 76.6 Å². The number of aryl methyl sites for hydroxylation is 2. The van der Waals surface area contributed by atoms with E-state index >= 15 is 0 Å². The number of fused-ring (bicyclic) bond motifs is 1. The van der Waals surface area contributed by atoms with Crippen molar-refractivity contribution < 1.29 is 13.2 Å². The molecule has 0 N–H and O–H groups in total. The molecule has 198 valence electrons. The van der Waals surface area contributed by atoms with Gasteiger partial charge >= 0.3 is 5.51 Å². The number of thioether (sulfide) groups is 1. The van der Waals surface area contributed by atoms with Gasteiger partial charge in [0.15, 0.2) is 0 Å². The van der Waals surface area contributed by atoms with E-state index in [0.717, 1.165) is 52.8 Å². The van der Waals surface area contributed by atoms with Crippen LogP contribution >= 0.6 is 11.8 Å². The summed E-state index contributed by atoms with van der Waals surface area (Å²) in [7, 11) is 3.99. The predicted octanol–water partition coefficient (Wildman–Crippen LogP) is 9.09. The summed E-state index contributed by atoms with van der Waals surface area (Å²) in [6, 6.07) is 14.7. The Kier molecular flexibility index (Phi) is 12.0. The van der Waals surface area contributed by atoms with E-state index in [2.05, 4.69) is 23.8 Å². The summed E-state index contributed by atoms with van der Waals surface area (Å²) in [5.74, 6) is 3.83. The van der Waals surface area contributed by atoms with Gasteiger partial charge in [-0.3, -0.25) is 0 Å². The van der Waals surface area contributed by atoms with Gasteiger partial charge in [-0.25, -0.2) is 9.97 Å². The number of hydrogen-bond acceptors (Lipinski definition) is 4. The molecule has 0 spiro atoms. The van der Waals surface area contributed by atoms with Gasteiger partial charge in [0, 0.05) is 24.4 Å². The van der Waals surface area contributed by atoms with Gasteiger partial charge in [0.1, 0.15) is 11.6 Å². The van der Waals surface area contributed by atoms with Crippen LogP contribution < -0.4 is 4.90 Å². The van der Waals surface area contributed by atoms with Crippen molar-refractivity contribution in [1.29, 1.82) is 0 Å². The Morgan fingerprint density at radius 3 is 2.08 bits per heavy atom. The van der Waals surface area contributed by atoms with Crippen molar-refractivity contribution in [2.75, 3.05) is 19.0 Å². The van der Waals surface area contributed by atoms with Crippen LogP contribution in [0.5, 0.6) is 0 Å². The molecule has 36 heavy (non-hydrogen) atoms. The molecule has 2 aromatic carbocycles. The summed E-state index contributed by atoms with van der Waals surface area (Å²) in [5, 5.41) is 1.10. The minimum atomic E-state index is -4.19. The number of para-hydroxylation sites is 1. The van der Waals surface area contributed by atoms with Crippen LogP contribution in [0, 0.1) is 18.8 Å². The molecule has 0 saturated heterocycles. The van der Waals surface area contributed by atoms with Crippen molar-refractivity contribution in [1.82, 2.24) is 9.97 Å². The summed E-state index contributed by atoms with van der Waals surface area (Å²) >= 11 is -0.0592. The summed E-state index contributed by atoms with van der Waals surface area (Å²) in [6.45, 7) is 8.65. The van der Waals surface area contributed by atoms with Crippen molar-refractivity contribution in [3.63, 3.8) is 0 Å². The maximum absolute atomic E-state index is 12.0. The highest BCUT2D eigenvalue weighted by molar-refractivity contribution is 8.00. The van der Waals surface area contributed by atoms with Crippen LogP contribution in [0.2, 0.25) is 0 Å². The molecule has 0 atom stereocenters. The molecule has 1 aliphatic rings. The number of alkyl halides is 3. The molecular formula is C29H40F3N3S. The molecule has 0 aliphatic heterocycles. The number of benzene rings is 2. The maximum Gasteiger partial charge on any atom is 0.446 e. The minimum absolute atomic E-state index is 0.0592. The van der Waals surface area contributed by atoms with Gasteiger partial charge in [-0.1, -0.05) is 77.1 Å². The van der Waals surface area contributed by atoms with Crippen LogP contribution in [0.25, 0.3) is 10.9 Å². The van der Waals surface area contributed by atoms with Gasteiger partial charge in [0.05, 0.1) is 5.52 Å². The fourth-order valence-corrected chi connectivity index (χ4v) is 4.75. The number of halogens is 3. The molecule has 0 amide bonds. The first kappa shape index (κ1) is 29.9. The summed E-state index contributed by atoms with van der Waals surface area (Å²) < 4.78 is 36.1. The zero-order valence-corrected chi connectivity index (χ0v) is 23.2. The lowest BCUT2D eigenvalue weighted by atomic mass is 9.84. The molecule has 1 heterocycles. The number of anilines is 1. The van der Waals surface area contributed by atoms with Crippen LogP contribution in [0.1, 0.15) is 64.3 Å². The topological polar surface area (TPSA) is 29.0 Å². The van der Waals surface area contributed by atoms with E-state index in [1.165, 1.54) is 31.7 Å². The fraction of sp³-hybridized carbons (Fsp3) is 0.517. The van der Waals surface area contributed by atoms with E-state index in [-0.39, 0.29) is 16.7 Å². The Morgan fingerprint density at radius 1 is 0.917 bits per heavy atom. The third-order valence-electron chi connectivity index (χ3n) is 6.09. The predicted molar refractivity (Wildman–Crippen MR) is 148 cm³/mol. The monoisotopic (exact) mass is 519 g/mol. The number of nitrogens with zero attached hydrogens (tertiary/aromatic N) is 3. The molecule has 0 unspecified atom stereocenters. The fourth-order valence-electron chi connectivity index (χ4n) is 4.13. The highest BCUT2D eigenvalue weighted by Crippen LogP contribution is 2.37. The SMILES string of the molecule is CC1CCC(C)CC1.CCCc1cccc(SC(F)(F)F)c1.Cc1nc(N(C)C)c2ccccc2n1. The van der Waals surface area contributed by atoms with Gasteiger partial charge in [-0.15, -0.1) is 0 Å². The Hall–Kier alpha value is -2.28. The molecule has 0 radical (unpaired) electrons. The Morgan fingerprint density at radius 2 is 1.53 bits per heavy atom. The first-order chi connectivity index (χ1) is 17.0. The van der Waals surface area contributed by atoms with Gasteiger partial charge in [0.2, 0.25) is 0 Å². The second-order valence-corrected chi connectivity index (χ2v) is 11.0. The molecule has 3 nitrogen and oxygen atoms in total. The highest BCUT2D eigenvalue weighted by atomic mass is 32.2. The smallest absolute Gasteiger partial charge is 0.362 e. The lowest BCUT2D eigenvalue weighted by Crippen LogP contribution is -2.12. The molecular weight excluding hydrogens is 479 g/mol. The van der Waals surface area contributed by atoms with E-state index in [1.54, 1.807) is 12.1 Å². The quantitative estimate of drug-likeness (QED) is 0.322. The molecule has 1 aliphatic carbocycles. The third-order valence-corrected chi connectivity index (χ3v) is 6.81. The average molecular weight is 520 g/mol. The molecule has 3 aromatic rings. The summed E-state index contributed by atoms with van der Waals surface area (Å²) in [5.41, 5.74) is -2.23. The molecule has 4 rings (SSSR count). The van der Waals surface area contributed by atoms with Crippen LogP contribution in [0.4, 0.5) is 19.0 Å².